The Morgan fingerprint density at radius 1 is 0.630 bits per heavy atom. The fourth-order valence-electron chi connectivity index (χ4n) is 6.27. The molecule has 6 N–H and O–H groups in total. The van der Waals surface area contributed by atoms with Crippen LogP contribution in [0.15, 0.2) is 36.4 Å². The van der Waals surface area contributed by atoms with Crippen LogP contribution in [0.25, 0.3) is 0 Å². The van der Waals surface area contributed by atoms with Crippen LogP contribution >= 0.6 is 24.8 Å². The van der Waals surface area contributed by atoms with Gasteiger partial charge in [-0.25, -0.2) is 0 Å². The number of unbranched alkanes of at least 4 members (excludes halogenated alkanes) is 2. The summed E-state index contributed by atoms with van der Waals surface area (Å²) < 4.78 is 0. The molecule has 2 fully saturated rings. The van der Waals surface area contributed by atoms with E-state index in [0.29, 0.717) is 0 Å². The second-order valence-corrected chi connectivity index (χ2v) is 12.3. The molecule has 2 unspecified atom stereocenters. The number of benzene rings is 2. The number of hydrogen-bond donors (Lipinski definition) is 2. The van der Waals surface area contributed by atoms with Crippen LogP contribution in [0.3, 0.4) is 0 Å². The van der Waals surface area contributed by atoms with Crippen molar-refractivity contribution in [3.8, 4) is 0 Å². The van der Waals surface area contributed by atoms with Crippen molar-refractivity contribution in [1.29, 1.82) is 0 Å². The monoisotopic (exact) mass is 684 g/mol. The van der Waals surface area contributed by atoms with Gasteiger partial charge >= 0.3 is 0 Å². The summed E-state index contributed by atoms with van der Waals surface area (Å²) >= 11 is 0. The number of piperidine rings is 2. The summed E-state index contributed by atoms with van der Waals surface area (Å²) in [7, 11) is 0. The first-order valence-corrected chi connectivity index (χ1v) is 16.5. The van der Waals surface area contributed by atoms with Gasteiger partial charge in [0.2, 0.25) is 11.8 Å². The van der Waals surface area contributed by atoms with Gasteiger partial charge in [-0.15, -0.1) is 24.8 Å². The molecule has 2 aliphatic heterocycles. The van der Waals surface area contributed by atoms with Gasteiger partial charge in [0.1, 0.15) is 0 Å². The van der Waals surface area contributed by atoms with E-state index in [4.69, 9.17) is 0 Å². The average molecular weight is 686 g/mol. The number of carbonyl (C=O) groups excluding carboxylic acids is 2. The highest BCUT2D eigenvalue weighted by Gasteiger charge is 2.29. The van der Waals surface area contributed by atoms with Crippen molar-refractivity contribution in [2.75, 3.05) is 36.8 Å². The van der Waals surface area contributed by atoms with E-state index in [9.17, 15) is 9.59 Å². The number of para-hydroxylation sites is 2. The van der Waals surface area contributed by atoms with Crippen molar-refractivity contribution >= 4 is 48.0 Å². The van der Waals surface area contributed by atoms with Gasteiger partial charge in [0.15, 0.2) is 0 Å². The lowest BCUT2D eigenvalue weighted by molar-refractivity contribution is -0.123. The summed E-state index contributed by atoms with van der Waals surface area (Å²) in [5.41, 5.74) is 6.53. The molecule has 0 aromatic heterocycles. The van der Waals surface area contributed by atoms with Crippen molar-refractivity contribution in [1.82, 2.24) is 9.80 Å². The Kier molecular flexibility index (Phi) is 24.0. The Bertz CT molecular complexity index is 1040. The van der Waals surface area contributed by atoms with Crippen molar-refractivity contribution < 1.29 is 20.5 Å². The first kappa shape index (κ1) is 45.9. The Labute approximate surface area is 290 Å². The molecule has 2 atom stereocenters. The molecule has 2 aromatic rings. The van der Waals surface area contributed by atoms with E-state index in [1.54, 1.807) is 0 Å². The minimum absolute atomic E-state index is 0. The minimum atomic E-state index is 0. The maximum absolute atomic E-state index is 12.7. The van der Waals surface area contributed by atoms with Gasteiger partial charge in [-0.1, -0.05) is 75.9 Å². The first-order chi connectivity index (χ1) is 20.3. The van der Waals surface area contributed by atoms with Crippen LogP contribution in [0.1, 0.15) is 100 Å². The van der Waals surface area contributed by atoms with Gasteiger partial charge in [0, 0.05) is 11.4 Å². The summed E-state index contributed by atoms with van der Waals surface area (Å²) in [4.78, 5) is 30.1. The zero-order chi connectivity index (χ0) is 30.5. The molecule has 2 aromatic carbocycles. The van der Waals surface area contributed by atoms with E-state index in [-0.39, 0.29) is 59.7 Å². The number of anilines is 2. The average Bonchev–Trinajstić information content (AvgIpc) is 2.99. The van der Waals surface area contributed by atoms with E-state index in [2.05, 4.69) is 86.2 Å². The quantitative estimate of drug-likeness (QED) is 0.280. The molecule has 10 heteroatoms. The molecule has 0 bridgehead atoms. The predicted molar refractivity (Wildman–Crippen MR) is 199 cm³/mol. The highest BCUT2D eigenvalue weighted by molar-refractivity contribution is 5.97. The predicted octanol–water partition coefficient (Wildman–Crippen LogP) is 6.99. The minimum Gasteiger partial charge on any atom is -0.412 e. The second kappa shape index (κ2) is 24.0. The van der Waals surface area contributed by atoms with Crippen molar-refractivity contribution in [3.05, 3.63) is 58.7 Å². The third-order valence-corrected chi connectivity index (χ3v) is 8.89. The van der Waals surface area contributed by atoms with Crippen LogP contribution in [0.2, 0.25) is 0 Å². The molecule has 0 spiro atoms. The van der Waals surface area contributed by atoms with Gasteiger partial charge < -0.3 is 21.6 Å². The lowest BCUT2D eigenvalue weighted by Gasteiger charge is -2.34. The highest BCUT2D eigenvalue weighted by atomic mass is 35.5. The molecule has 2 amide bonds. The molecule has 4 rings (SSSR count). The molecule has 2 heterocycles. The molecule has 46 heavy (non-hydrogen) atoms. The smallest absolute Gasteiger partial charge is 0.241 e. The third-order valence-electron chi connectivity index (χ3n) is 8.89. The number of rotatable bonds is 10. The van der Waals surface area contributed by atoms with Crippen LogP contribution in [0.5, 0.6) is 0 Å². The molecule has 8 nitrogen and oxygen atoms in total. The highest BCUT2D eigenvalue weighted by Crippen LogP contribution is 2.25. The molecular weight excluding hydrogens is 623 g/mol. The Morgan fingerprint density at radius 2 is 0.957 bits per heavy atom. The van der Waals surface area contributed by atoms with Gasteiger partial charge in [0.25, 0.3) is 0 Å². The number of hydrogen-bond acceptors (Lipinski definition) is 4. The zero-order valence-corrected chi connectivity index (χ0v) is 30.7. The SMILES string of the molecule is CCCCN1CCCCC1C(=O)Nc1c(C)cccc1C.CCCCN1CCCCC1C(=O)Nc1c(C)cccc1C.Cl.Cl.O.O. The van der Waals surface area contributed by atoms with Crippen LogP contribution in [-0.2, 0) is 9.59 Å². The number of carbonyl (C=O) groups is 2. The molecular formula is C36H62Cl2N4O4. The van der Waals surface area contributed by atoms with Crippen molar-refractivity contribution in [2.45, 2.75) is 118 Å². The molecule has 264 valence electrons. The number of amides is 2. The van der Waals surface area contributed by atoms with Crippen LogP contribution in [0, 0.1) is 27.7 Å². The van der Waals surface area contributed by atoms with Crippen LogP contribution in [-0.4, -0.2) is 70.8 Å². The Balaban J connectivity index is 0. The summed E-state index contributed by atoms with van der Waals surface area (Å²) in [5.74, 6) is 0.339. The van der Waals surface area contributed by atoms with Crippen molar-refractivity contribution in [2.24, 2.45) is 0 Å². The third kappa shape index (κ3) is 13.5. The van der Waals surface area contributed by atoms with Gasteiger partial charge in [0.05, 0.1) is 12.1 Å². The van der Waals surface area contributed by atoms with E-state index >= 15 is 0 Å². The number of nitrogens with zero attached hydrogens (tertiary/aromatic N) is 2. The normalized spacial score (nSPS) is 17.8. The molecule has 0 saturated carbocycles. The number of halogens is 2. The van der Waals surface area contributed by atoms with E-state index < -0.39 is 0 Å². The Morgan fingerprint density at radius 3 is 1.26 bits per heavy atom. The molecule has 0 radical (unpaired) electrons. The van der Waals surface area contributed by atoms with E-state index in [0.717, 1.165) is 85.5 Å². The lowest BCUT2D eigenvalue weighted by atomic mass is 10.00. The fraction of sp³-hybridized carbons (Fsp3) is 0.611. The van der Waals surface area contributed by atoms with Gasteiger partial charge in [-0.2, -0.15) is 0 Å². The number of likely N-dealkylation sites (tertiary alicyclic amines) is 2. The molecule has 2 aliphatic rings. The second-order valence-electron chi connectivity index (χ2n) is 12.3. The van der Waals surface area contributed by atoms with Crippen LogP contribution < -0.4 is 10.6 Å². The topological polar surface area (TPSA) is 128 Å². The lowest BCUT2D eigenvalue weighted by Crippen LogP contribution is -2.47. The summed E-state index contributed by atoms with van der Waals surface area (Å²) in [5, 5.41) is 6.35. The zero-order valence-electron chi connectivity index (χ0n) is 29.0. The first-order valence-electron chi connectivity index (χ1n) is 16.5. The van der Waals surface area contributed by atoms with E-state index in [1.807, 2.05) is 12.1 Å². The standard InChI is InChI=1S/2C18H28N2O.2ClH.2H2O/c2*1-4-5-12-20-13-7-6-11-16(20)18(21)19-17-14(2)9-8-10-15(17)3;;;;/h2*8-10,16H,4-7,11-13H2,1-3H3,(H,19,21);2*1H;2*1H2. The maximum Gasteiger partial charge on any atom is 0.241 e. The van der Waals surface area contributed by atoms with Crippen LogP contribution in [0.4, 0.5) is 11.4 Å². The molecule has 2 saturated heterocycles. The summed E-state index contributed by atoms with van der Waals surface area (Å²) in [6.45, 7) is 16.8. The van der Waals surface area contributed by atoms with Gasteiger partial charge in [-0.3, -0.25) is 19.4 Å². The van der Waals surface area contributed by atoms with Crippen molar-refractivity contribution in [3.63, 3.8) is 0 Å². The summed E-state index contributed by atoms with van der Waals surface area (Å²) in [6.07, 6.45) is 11.4. The number of aryl methyl sites for hydroxylation is 4. The largest absolute Gasteiger partial charge is 0.412 e. The Hall–Kier alpha value is -2.20. The van der Waals surface area contributed by atoms with E-state index in [1.165, 1.54) is 38.5 Å². The number of nitrogens with one attached hydrogen (secondary N) is 2. The summed E-state index contributed by atoms with van der Waals surface area (Å²) in [6, 6.07) is 12.4. The molecule has 0 aliphatic carbocycles. The van der Waals surface area contributed by atoms with Gasteiger partial charge in [-0.05, 0) is 115 Å². The maximum atomic E-state index is 12.7. The fourth-order valence-corrected chi connectivity index (χ4v) is 6.27.